The first-order valence-corrected chi connectivity index (χ1v) is 5.57. The number of hydrogen-bond acceptors (Lipinski definition) is 3. The van der Waals surface area contributed by atoms with Crippen molar-refractivity contribution in [2.45, 2.75) is 0 Å². The van der Waals surface area contributed by atoms with Gasteiger partial charge in [0.25, 0.3) is 0 Å². The van der Waals surface area contributed by atoms with E-state index >= 15 is 0 Å². The number of rotatable bonds is 2. The standard InChI is InChI=1S/C14H11N3O/c15-12-5-3-10(4-6-12)13-8-17-7-1-2-11(9-18)14(17)16-13/h1-9H,15H2. The molecule has 0 aliphatic heterocycles. The minimum atomic E-state index is 0.583. The summed E-state index contributed by atoms with van der Waals surface area (Å²) in [5, 5.41) is 0. The molecular weight excluding hydrogens is 226 g/mol. The predicted molar refractivity (Wildman–Crippen MR) is 70.4 cm³/mol. The Hall–Kier alpha value is -2.62. The topological polar surface area (TPSA) is 60.4 Å². The van der Waals surface area contributed by atoms with Crippen molar-refractivity contribution >= 4 is 17.6 Å². The number of hydrogen-bond donors (Lipinski definition) is 1. The Balaban J connectivity index is 2.19. The van der Waals surface area contributed by atoms with Crippen molar-refractivity contribution in [1.29, 1.82) is 0 Å². The van der Waals surface area contributed by atoms with Gasteiger partial charge in [0.15, 0.2) is 6.29 Å². The average Bonchev–Trinajstić information content (AvgIpc) is 2.83. The fraction of sp³-hybridized carbons (Fsp3) is 0. The average molecular weight is 237 g/mol. The molecule has 88 valence electrons. The lowest BCUT2D eigenvalue weighted by Gasteiger charge is -1.96. The molecule has 2 N–H and O–H groups in total. The number of nitrogens with zero attached hydrogens (tertiary/aromatic N) is 2. The van der Waals surface area contributed by atoms with Gasteiger partial charge in [-0.3, -0.25) is 4.79 Å². The number of aromatic nitrogens is 2. The van der Waals surface area contributed by atoms with Crippen molar-refractivity contribution in [3.05, 3.63) is 54.4 Å². The normalized spacial score (nSPS) is 10.7. The van der Waals surface area contributed by atoms with Crippen LogP contribution >= 0.6 is 0 Å². The highest BCUT2D eigenvalue weighted by Crippen LogP contribution is 2.21. The van der Waals surface area contributed by atoms with E-state index in [1.807, 2.05) is 47.1 Å². The Bertz CT molecular complexity index is 713. The van der Waals surface area contributed by atoms with Crippen LogP contribution in [0.2, 0.25) is 0 Å². The fourth-order valence-corrected chi connectivity index (χ4v) is 1.92. The molecule has 1 aromatic carbocycles. The number of anilines is 1. The number of carbonyl (C=O) groups is 1. The van der Waals surface area contributed by atoms with Crippen molar-refractivity contribution < 1.29 is 4.79 Å². The van der Waals surface area contributed by atoms with E-state index in [0.717, 1.165) is 23.2 Å². The van der Waals surface area contributed by atoms with Crippen LogP contribution in [0.1, 0.15) is 10.4 Å². The van der Waals surface area contributed by atoms with E-state index in [9.17, 15) is 4.79 Å². The van der Waals surface area contributed by atoms with Crippen molar-refractivity contribution in [2.75, 3.05) is 5.73 Å². The molecular formula is C14H11N3O. The molecule has 0 aliphatic rings. The van der Waals surface area contributed by atoms with Gasteiger partial charge >= 0.3 is 0 Å². The molecule has 0 saturated carbocycles. The Morgan fingerprint density at radius 2 is 1.94 bits per heavy atom. The molecule has 0 radical (unpaired) electrons. The van der Waals surface area contributed by atoms with E-state index in [1.165, 1.54) is 0 Å². The number of imidazole rings is 1. The molecule has 4 nitrogen and oxygen atoms in total. The van der Waals surface area contributed by atoms with Gasteiger partial charge in [0, 0.05) is 23.6 Å². The summed E-state index contributed by atoms with van der Waals surface area (Å²) in [7, 11) is 0. The van der Waals surface area contributed by atoms with E-state index < -0.39 is 0 Å². The van der Waals surface area contributed by atoms with E-state index in [1.54, 1.807) is 6.07 Å². The van der Waals surface area contributed by atoms with Crippen LogP contribution in [0.15, 0.2) is 48.8 Å². The van der Waals surface area contributed by atoms with Crippen LogP contribution in [0, 0.1) is 0 Å². The number of nitrogen functional groups attached to an aromatic ring is 1. The SMILES string of the molecule is Nc1ccc(-c2cn3cccc(C=O)c3n2)cc1. The van der Waals surface area contributed by atoms with E-state index in [0.29, 0.717) is 11.2 Å². The number of benzene rings is 1. The summed E-state index contributed by atoms with van der Waals surface area (Å²) >= 11 is 0. The predicted octanol–water partition coefficient (Wildman–Crippen LogP) is 2.40. The summed E-state index contributed by atoms with van der Waals surface area (Å²) in [5.41, 5.74) is 9.42. The summed E-state index contributed by atoms with van der Waals surface area (Å²) < 4.78 is 1.84. The zero-order valence-corrected chi connectivity index (χ0v) is 9.58. The van der Waals surface area contributed by atoms with Crippen molar-refractivity contribution in [3.8, 4) is 11.3 Å². The minimum Gasteiger partial charge on any atom is -0.399 e. The van der Waals surface area contributed by atoms with Gasteiger partial charge in [-0.05, 0) is 24.3 Å². The Labute approximate surface area is 104 Å². The largest absolute Gasteiger partial charge is 0.399 e. The molecule has 18 heavy (non-hydrogen) atoms. The van der Waals surface area contributed by atoms with E-state index in [-0.39, 0.29) is 0 Å². The van der Waals surface area contributed by atoms with Gasteiger partial charge in [0.05, 0.1) is 11.3 Å². The van der Waals surface area contributed by atoms with Crippen LogP contribution in [0.3, 0.4) is 0 Å². The number of carbonyl (C=O) groups excluding carboxylic acids is 1. The first kappa shape index (κ1) is 10.5. The molecule has 0 bridgehead atoms. The minimum absolute atomic E-state index is 0.583. The third kappa shape index (κ3) is 1.64. The van der Waals surface area contributed by atoms with E-state index in [4.69, 9.17) is 5.73 Å². The summed E-state index contributed by atoms with van der Waals surface area (Å²) in [6.07, 6.45) is 4.58. The Morgan fingerprint density at radius 1 is 1.17 bits per heavy atom. The van der Waals surface area contributed by atoms with Crippen LogP contribution in [0.25, 0.3) is 16.9 Å². The van der Waals surface area contributed by atoms with Crippen molar-refractivity contribution in [2.24, 2.45) is 0 Å². The molecule has 0 aliphatic carbocycles. The maximum Gasteiger partial charge on any atom is 0.153 e. The summed E-state index contributed by atoms with van der Waals surface area (Å²) in [6.45, 7) is 0. The molecule has 2 heterocycles. The van der Waals surface area contributed by atoms with Crippen LogP contribution in [0.5, 0.6) is 0 Å². The Kier molecular flexibility index (Phi) is 2.34. The monoisotopic (exact) mass is 237 g/mol. The maximum absolute atomic E-state index is 10.9. The first-order valence-electron chi connectivity index (χ1n) is 5.57. The fourth-order valence-electron chi connectivity index (χ4n) is 1.92. The van der Waals surface area contributed by atoms with Gasteiger partial charge in [-0.15, -0.1) is 0 Å². The van der Waals surface area contributed by atoms with Gasteiger partial charge in [0.2, 0.25) is 0 Å². The van der Waals surface area contributed by atoms with Gasteiger partial charge < -0.3 is 10.1 Å². The second kappa shape index (κ2) is 4.00. The lowest BCUT2D eigenvalue weighted by atomic mass is 10.1. The zero-order valence-electron chi connectivity index (χ0n) is 9.58. The summed E-state index contributed by atoms with van der Waals surface area (Å²) in [6, 6.07) is 11.1. The van der Waals surface area contributed by atoms with Crippen LogP contribution < -0.4 is 5.73 Å². The van der Waals surface area contributed by atoms with Gasteiger partial charge in [0.1, 0.15) is 5.65 Å². The summed E-state index contributed by atoms with van der Waals surface area (Å²) in [5.74, 6) is 0. The van der Waals surface area contributed by atoms with Crippen LogP contribution in [-0.4, -0.2) is 15.7 Å². The number of aldehydes is 1. The molecule has 3 rings (SSSR count). The zero-order chi connectivity index (χ0) is 12.5. The molecule has 0 fully saturated rings. The van der Waals surface area contributed by atoms with Crippen LogP contribution in [-0.2, 0) is 0 Å². The number of pyridine rings is 1. The molecule has 0 spiro atoms. The number of nitrogens with two attached hydrogens (primary N) is 1. The number of fused-ring (bicyclic) bond motifs is 1. The van der Waals surface area contributed by atoms with E-state index in [2.05, 4.69) is 4.98 Å². The molecule has 0 saturated heterocycles. The molecule has 0 atom stereocenters. The maximum atomic E-state index is 10.9. The van der Waals surface area contributed by atoms with Gasteiger partial charge in [-0.2, -0.15) is 0 Å². The van der Waals surface area contributed by atoms with Crippen LogP contribution in [0.4, 0.5) is 5.69 Å². The first-order chi connectivity index (χ1) is 8.78. The molecule has 0 amide bonds. The van der Waals surface area contributed by atoms with Crippen molar-refractivity contribution in [3.63, 3.8) is 0 Å². The Morgan fingerprint density at radius 3 is 2.67 bits per heavy atom. The molecule has 4 heteroatoms. The highest BCUT2D eigenvalue weighted by Gasteiger charge is 2.07. The molecule has 3 aromatic rings. The third-order valence-corrected chi connectivity index (χ3v) is 2.85. The van der Waals surface area contributed by atoms with Gasteiger partial charge in [-0.1, -0.05) is 12.1 Å². The lowest BCUT2D eigenvalue weighted by molar-refractivity contribution is 0.112. The highest BCUT2D eigenvalue weighted by atomic mass is 16.1. The molecule has 0 unspecified atom stereocenters. The molecule has 2 aromatic heterocycles. The second-order valence-corrected chi connectivity index (χ2v) is 4.06. The third-order valence-electron chi connectivity index (χ3n) is 2.85. The quantitative estimate of drug-likeness (QED) is 0.550. The highest BCUT2D eigenvalue weighted by molar-refractivity contribution is 5.85. The van der Waals surface area contributed by atoms with Gasteiger partial charge in [-0.25, -0.2) is 4.98 Å². The lowest BCUT2D eigenvalue weighted by Crippen LogP contribution is -1.88. The smallest absolute Gasteiger partial charge is 0.153 e. The second-order valence-electron chi connectivity index (χ2n) is 4.06. The summed E-state index contributed by atoms with van der Waals surface area (Å²) in [4.78, 5) is 15.4. The van der Waals surface area contributed by atoms with Crippen molar-refractivity contribution in [1.82, 2.24) is 9.38 Å².